The van der Waals surface area contributed by atoms with Gasteiger partial charge in [-0.2, -0.15) is 4.98 Å². The second kappa shape index (κ2) is 7.05. The lowest BCUT2D eigenvalue weighted by Gasteiger charge is -2.00. The lowest BCUT2D eigenvalue weighted by Crippen LogP contribution is -1.90. The van der Waals surface area contributed by atoms with Crippen LogP contribution < -0.4 is 0 Å². The number of hydrogen-bond donors (Lipinski definition) is 0. The molecule has 1 atom stereocenters. The van der Waals surface area contributed by atoms with Crippen molar-refractivity contribution in [2.75, 3.05) is 6.61 Å². The highest BCUT2D eigenvalue weighted by Gasteiger charge is 2.25. The fraction of sp³-hybridized carbons (Fsp3) is 0.227. The first kappa shape index (κ1) is 16.9. The van der Waals surface area contributed by atoms with Gasteiger partial charge in [0.05, 0.1) is 6.61 Å². The van der Waals surface area contributed by atoms with Gasteiger partial charge >= 0.3 is 0 Å². The molecule has 28 heavy (non-hydrogen) atoms. The van der Waals surface area contributed by atoms with E-state index in [9.17, 15) is 0 Å². The van der Waals surface area contributed by atoms with E-state index in [1.54, 1.807) is 0 Å². The molecule has 1 unspecified atom stereocenters. The zero-order valence-electron chi connectivity index (χ0n) is 15.5. The van der Waals surface area contributed by atoms with Crippen molar-refractivity contribution in [1.82, 2.24) is 15.3 Å². The molecular weight excluding hydrogens is 354 g/mol. The van der Waals surface area contributed by atoms with Crippen molar-refractivity contribution < 1.29 is 13.8 Å². The molecule has 4 aromatic rings. The van der Waals surface area contributed by atoms with Crippen LogP contribution in [0.4, 0.5) is 0 Å². The zero-order chi connectivity index (χ0) is 18.9. The average molecular weight is 373 g/mol. The Labute approximate surface area is 162 Å². The van der Waals surface area contributed by atoms with Gasteiger partial charge in [0.2, 0.25) is 5.82 Å². The second-order valence-corrected chi connectivity index (χ2v) is 6.82. The number of epoxide rings is 1. The molecule has 3 heterocycles. The smallest absolute Gasteiger partial charge is 0.280 e. The Morgan fingerprint density at radius 2 is 1.71 bits per heavy atom. The van der Waals surface area contributed by atoms with Crippen LogP contribution in [0.2, 0.25) is 0 Å². The van der Waals surface area contributed by atoms with Crippen LogP contribution in [-0.2, 0) is 11.2 Å². The molecule has 0 spiro atoms. The third-order valence-corrected chi connectivity index (χ3v) is 4.83. The van der Waals surface area contributed by atoms with E-state index in [0.717, 1.165) is 41.9 Å². The van der Waals surface area contributed by atoms with E-state index in [1.165, 1.54) is 5.56 Å². The van der Waals surface area contributed by atoms with Gasteiger partial charge in [0.15, 0.2) is 11.5 Å². The Hall–Kier alpha value is -3.25. The zero-order valence-corrected chi connectivity index (χ0v) is 15.5. The van der Waals surface area contributed by atoms with E-state index in [-0.39, 0.29) is 6.10 Å². The van der Waals surface area contributed by atoms with Gasteiger partial charge in [0.25, 0.3) is 5.89 Å². The first-order valence-corrected chi connectivity index (χ1v) is 9.43. The third-order valence-electron chi connectivity index (χ3n) is 4.83. The molecule has 0 radical (unpaired) electrons. The molecular formula is C22H19N3O3. The van der Waals surface area contributed by atoms with E-state index >= 15 is 0 Å². The first-order chi connectivity index (χ1) is 13.8. The summed E-state index contributed by atoms with van der Waals surface area (Å²) in [5.74, 6) is 1.66. The number of aromatic nitrogens is 3. The Morgan fingerprint density at radius 1 is 0.929 bits per heavy atom. The summed E-state index contributed by atoms with van der Waals surface area (Å²) in [6.45, 7) is 2.91. The Kier molecular flexibility index (Phi) is 4.25. The fourth-order valence-electron chi connectivity index (χ4n) is 3.30. The van der Waals surface area contributed by atoms with Crippen molar-refractivity contribution in [2.45, 2.75) is 25.9 Å². The van der Waals surface area contributed by atoms with Crippen molar-refractivity contribution in [1.29, 1.82) is 0 Å². The Bertz CT molecular complexity index is 1080. The summed E-state index contributed by atoms with van der Waals surface area (Å²) in [7, 11) is 0. The van der Waals surface area contributed by atoms with Crippen molar-refractivity contribution in [3.63, 3.8) is 0 Å². The molecule has 0 bridgehead atoms. The van der Waals surface area contributed by atoms with Crippen LogP contribution in [0.25, 0.3) is 34.3 Å². The highest BCUT2D eigenvalue weighted by atomic mass is 16.6. The molecule has 0 aliphatic carbocycles. The standard InChI is InChI=1S/C22H19N3O3/c1-2-6-17-19(24-27-20(17)15-7-4-3-5-8-15)22-23-21(25-28-22)16-11-9-14(10-12-16)18-13-26-18/h3-5,7-12,18H,2,6,13H2,1H3. The maximum atomic E-state index is 5.66. The number of ether oxygens (including phenoxy) is 1. The molecule has 140 valence electrons. The summed E-state index contributed by atoms with van der Waals surface area (Å²) in [6.07, 6.45) is 2.01. The minimum absolute atomic E-state index is 0.234. The average Bonchev–Trinajstić information content (AvgIpc) is 3.33. The molecule has 0 amide bonds. The van der Waals surface area contributed by atoms with Crippen LogP contribution >= 0.6 is 0 Å². The highest BCUT2D eigenvalue weighted by molar-refractivity contribution is 5.69. The molecule has 6 heteroatoms. The molecule has 6 nitrogen and oxygen atoms in total. The van der Waals surface area contributed by atoms with Gasteiger partial charge in [-0.25, -0.2) is 0 Å². The van der Waals surface area contributed by atoms with Crippen molar-refractivity contribution in [2.24, 2.45) is 0 Å². The van der Waals surface area contributed by atoms with Gasteiger partial charge in [0, 0.05) is 16.7 Å². The van der Waals surface area contributed by atoms with Crippen LogP contribution in [0.3, 0.4) is 0 Å². The lowest BCUT2D eigenvalue weighted by molar-refractivity contribution is 0.411. The molecule has 1 saturated heterocycles. The van der Waals surface area contributed by atoms with Crippen LogP contribution in [0.1, 0.15) is 30.6 Å². The van der Waals surface area contributed by atoms with Gasteiger partial charge < -0.3 is 13.8 Å². The quantitative estimate of drug-likeness (QED) is 0.439. The summed E-state index contributed by atoms with van der Waals surface area (Å²) in [5, 5.41) is 8.38. The maximum absolute atomic E-state index is 5.66. The predicted octanol–water partition coefficient (Wildman–Crippen LogP) is 5.08. The van der Waals surface area contributed by atoms with Gasteiger partial charge in [0.1, 0.15) is 6.10 Å². The van der Waals surface area contributed by atoms with E-state index < -0.39 is 0 Å². The number of nitrogens with zero attached hydrogens (tertiary/aromatic N) is 3. The molecule has 1 aliphatic heterocycles. The highest BCUT2D eigenvalue weighted by Crippen LogP contribution is 2.34. The van der Waals surface area contributed by atoms with E-state index in [2.05, 4.69) is 22.2 Å². The monoisotopic (exact) mass is 373 g/mol. The summed E-state index contributed by atoms with van der Waals surface area (Å²) in [4.78, 5) is 4.56. The number of rotatable bonds is 6. The summed E-state index contributed by atoms with van der Waals surface area (Å²) in [5.41, 5.74) is 4.65. The minimum Gasteiger partial charge on any atom is -0.368 e. The summed E-state index contributed by atoms with van der Waals surface area (Å²) < 4.78 is 16.5. The topological polar surface area (TPSA) is 77.5 Å². The summed E-state index contributed by atoms with van der Waals surface area (Å²) in [6, 6.07) is 18.0. The van der Waals surface area contributed by atoms with Crippen LogP contribution in [0.15, 0.2) is 63.6 Å². The predicted molar refractivity (Wildman–Crippen MR) is 103 cm³/mol. The van der Waals surface area contributed by atoms with E-state index in [4.69, 9.17) is 13.8 Å². The molecule has 5 rings (SSSR count). The first-order valence-electron chi connectivity index (χ1n) is 9.43. The van der Waals surface area contributed by atoms with E-state index in [1.807, 2.05) is 54.6 Å². The Morgan fingerprint density at radius 3 is 2.43 bits per heavy atom. The SMILES string of the molecule is CCCc1c(-c2nc(-c3ccc(C4CO4)cc3)no2)noc1-c1ccccc1. The number of hydrogen-bond acceptors (Lipinski definition) is 6. The molecule has 1 fully saturated rings. The van der Waals surface area contributed by atoms with Gasteiger partial charge in [-0.15, -0.1) is 0 Å². The molecule has 0 N–H and O–H groups in total. The minimum atomic E-state index is 0.234. The van der Waals surface area contributed by atoms with E-state index in [0.29, 0.717) is 17.4 Å². The van der Waals surface area contributed by atoms with Gasteiger partial charge in [-0.05, 0) is 12.0 Å². The fourth-order valence-corrected chi connectivity index (χ4v) is 3.30. The maximum Gasteiger partial charge on any atom is 0.280 e. The second-order valence-electron chi connectivity index (χ2n) is 6.82. The number of benzene rings is 2. The lowest BCUT2D eigenvalue weighted by atomic mass is 10.0. The molecule has 1 aliphatic rings. The third kappa shape index (κ3) is 3.12. The van der Waals surface area contributed by atoms with Crippen LogP contribution in [0.5, 0.6) is 0 Å². The normalized spacial score (nSPS) is 15.7. The van der Waals surface area contributed by atoms with Crippen molar-refractivity contribution in [3.05, 3.63) is 65.7 Å². The molecule has 2 aromatic carbocycles. The van der Waals surface area contributed by atoms with Crippen molar-refractivity contribution >= 4 is 0 Å². The molecule has 2 aromatic heterocycles. The van der Waals surface area contributed by atoms with Gasteiger partial charge in [-0.1, -0.05) is 78.3 Å². The Balaban J connectivity index is 1.49. The largest absolute Gasteiger partial charge is 0.368 e. The molecule has 0 saturated carbocycles. The summed E-state index contributed by atoms with van der Waals surface area (Å²) >= 11 is 0. The van der Waals surface area contributed by atoms with Gasteiger partial charge in [-0.3, -0.25) is 0 Å². The van der Waals surface area contributed by atoms with Crippen molar-refractivity contribution in [3.8, 4) is 34.3 Å². The van der Waals surface area contributed by atoms with Crippen LogP contribution in [-0.4, -0.2) is 21.9 Å². The van der Waals surface area contributed by atoms with Crippen LogP contribution in [0, 0.1) is 0 Å².